The van der Waals surface area contributed by atoms with Crippen molar-refractivity contribution >= 4 is 0 Å². The molecular formula is C15H18N2O. The van der Waals surface area contributed by atoms with Gasteiger partial charge in [-0.05, 0) is 43.2 Å². The summed E-state index contributed by atoms with van der Waals surface area (Å²) in [7, 11) is 0. The molecule has 18 heavy (non-hydrogen) atoms. The number of ether oxygens (including phenoxy) is 1. The van der Waals surface area contributed by atoms with Crippen LogP contribution in [0, 0.1) is 6.92 Å². The summed E-state index contributed by atoms with van der Waals surface area (Å²) >= 11 is 0. The molecule has 0 spiro atoms. The Hall–Kier alpha value is -1.87. The smallest absolute Gasteiger partial charge is 0.119 e. The first-order valence-corrected chi connectivity index (χ1v) is 6.11. The zero-order valence-corrected chi connectivity index (χ0v) is 10.8. The monoisotopic (exact) mass is 242 g/mol. The van der Waals surface area contributed by atoms with Gasteiger partial charge in [0.15, 0.2) is 0 Å². The van der Waals surface area contributed by atoms with E-state index in [1.807, 2.05) is 56.4 Å². The SMILES string of the molecule is CCOc1cccc(C(N)c2ccc(C)nc2)c1. The number of hydrogen-bond acceptors (Lipinski definition) is 3. The van der Waals surface area contributed by atoms with E-state index in [2.05, 4.69) is 4.98 Å². The molecule has 1 aromatic heterocycles. The fourth-order valence-corrected chi connectivity index (χ4v) is 1.82. The highest BCUT2D eigenvalue weighted by molar-refractivity contribution is 5.35. The van der Waals surface area contributed by atoms with Crippen LogP contribution in [-0.4, -0.2) is 11.6 Å². The Morgan fingerprint density at radius 3 is 2.72 bits per heavy atom. The number of aromatic nitrogens is 1. The van der Waals surface area contributed by atoms with E-state index in [1.165, 1.54) is 0 Å². The lowest BCUT2D eigenvalue weighted by Gasteiger charge is -2.13. The Morgan fingerprint density at radius 1 is 1.22 bits per heavy atom. The van der Waals surface area contributed by atoms with E-state index in [0.717, 1.165) is 22.6 Å². The molecule has 1 aromatic carbocycles. The summed E-state index contributed by atoms with van der Waals surface area (Å²) in [5, 5.41) is 0. The second kappa shape index (κ2) is 5.65. The van der Waals surface area contributed by atoms with Gasteiger partial charge in [0, 0.05) is 11.9 Å². The van der Waals surface area contributed by atoms with Gasteiger partial charge < -0.3 is 10.5 Å². The molecule has 0 radical (unpaired) electrons. The van der Waals surface area contributed by atoms with Crippen LogP contribution in [0.1, 0.15) is 29.8 Å². The van der Waals surface area contributed by atoms with E-state index in [1.54, 1.807) is 0 Å². The maximum absolute atomic E-state index is 6.24. The molecule has 0 fully saturated rings. The van der Waals surface area contributed by atoms with Crippen molar-refractivity contribution in [1.29, 1.82) is 0 Å². The van der Waals surface area contributed by atoms with Crippen LogP contribution in [0.25, 0.3) is 0 Å². The molecule has 2 rings (SSSR count). The van der Waals surface area contributed by atoms with Crippen molar-refractivity contribution in [3.8, 4) is 5.75 Å². The molecular weight excluding hydrogens is 224 g/mol. The summed E-state index contributed by atoms with van der Waals surface area (Å²) in [5.74, 6) is 0.852. The van der Waals surface area contributed by atoms with Gasteiger partial charge in [-0.25, -0.2) is 0 Å². The van der Waals surface area contributed by atoms with Crippen LogP contribution >= 0.6 is 0 Å². The maximum atomic E-state index is 6.24. The number of hydrogen-bond donors (Lipinski definition) is 1. The van der Waals surface area contributed by atoms with E-state index in [9.17, 15) is 0 Å². The van der Waals surface area contributed by atoms with Crippen LogP contribution in [0.5, 0.6) is 5.75 Å². The number of pyridine rings is 1. The van der Waals surface area contributed by atoms with Crippen molar-refractivity contribution < 1.29 is 4.74 Å². The lowest BCUT2D eigenvalue weighted by molar-refractivity contribution is 0.340. The van der Waals surface area contributed by atoms with E-state index >= 15 is 0 Å². The van der Waals surface area contributed by atoms with Gasteiger partial charge in [0.25, 0.3) is 0 Å². The van der Waals surface area contributed by atoms with Gasteiger partial charge in [0.05, 0.1) is 12.6 Å². The first-order chi connectivity index (χ1) is 8.70. The normalized spacial score (nSPS) is 12.2. The zero-order chi connectivity index (χ0) is 13.0. The average Bonchev–Trinajstić information content (AvgIpc) is 2.39. The summed E-state index contributed by atoms with van der Waals surface area (Å²) in [5.41, 5.74) is 9.27. The van der Waals surface area contributed by atoms with Gasteiger partial charge in [-0.15, -0.1) is 0 Å². The highest BCUT2D eigenvalue weighted by atomic mass is 16.5. The van der Waals surface area contributed by atoms with Crippen molar-refractivity contribution in [3.63, 3.8) is 0 Å². The Morgan fingerprint density at radius 2 is 2.06 bits per heavy atom. The second-order valence-corrected chi connectivity index (χ2v) is 4.22. The Balaban J connectivity index is 2.24. The highest BCUT2D eigenvalue weighted by Gasteiger charge is 2.09. The zero-order valence-electron chi connectivity index (χ0n) is 10.8. The standard InChI is InChI=1S/C15H18N2O/c1-3-18-14-6-4-5-12(9-14)15(16)13-8-7-11(2)17-10-13/h4-10,15H,3,16H2,1-2H3. The van der Waals surface area contributed by atoms with Gasteiger partial charge in [0.2, 0.25) is 0 Å². The topological polar surface area (TPSA) is 48.1 Å². The van der Waals surface area contributed by atoms with Crippen LogP contribution in [0.2, 0.25) is 0 Å². The summed E-state index contributed by atoms with van der Waals surface area (Å²) in [4.78, 5) is 4.27. The van der Waals surface area contributed by atoms with Crippen LogP contribution in [0.3, 0.4) is 0 Å². The van der Waals surface area contributed by atoms with Gasteiger partial charge in [0.1, 0.15) is 5.75 Å². The molecule has 1 atom stereocenters. The molecule has 0 saturated heterocycles. The molecule has 2 N–H and O–H groups in total. The lowest BCUT2D eigenvalue weighted by Crippen LogP contribution is -2.12. The summed E-state index contributed by atoms with van der Waals surface area (Å²) in [6, 6.07) is 11.7. The molecule has 0 aliphatic rings. The van der Waals surface area contributed by atoms with Crippen molar-refractivity contribution in [3.05, 3.63) is 59.4 Å². The molecule has 0 amide bonds. The first-order valence-electron chi connectivity index (χ1n) is 6.11. The second-order valence-electron chi connectivity index (χ2n) is 4.22. The minimum Gasteiger partial charge on any atom is -0.494 e. The molecule has 94 valence electrons. The summed E-state index contributed by atoms with van der Waals surface area (Å²) in [6.45, 7) is 4.59. The van der Waals surface area contributed by atoms with Crippen LogP contribution < -0.4 is 10.5 Å². The van der Waals surface area contributed by atoms with Crippen molar-refractivity contribution in [1.82, 2.24) is 4.98 Å². The fraction of sp³-hybridized carbons (Fsp3) is 0.267. The number of rotatable bonds is 4. The van der Waals surface area contributed by atoms with Crippen molar-refractivity contribution in [2.45, 2.75) is 19.9 Å². The molecule has 1 heterocycles. The minimum atomic E-state index is -0.168. The number of nitrogens with two attached hydrogens (primary N) is 1. The third-order valence-corrected chi connectivity index (χ3v) is 2.82. The van der Waals surface area contributed by atoms with E-state index in [4.69, 9.17) is 10.5 Å². The average molecular weight is 242 g/mol. The molecule has 3 heteroatoms. The molecule has 0 saturated carbocycles. The lowest BCUT2D eigenvalue weighted by atomic mass is 10.0. The molecule has 0 aliphatic carbocycles. The van der Waals surface area contributed by atoms with Crippen LogP contribution in [0.4, 0.5) is 0 Å². The van der Waals surface area contributed by atoms with E-state index < -0.39 is 0 Å². The Labute approximate surface area is 108 Å². The predicted octanol–water partition coefficient (Wildman–Crippen LogP) is 2.84. The third-order valence-electron chi connectivity index (χ3n) is 2.82. The first kappa shape index (κ1) is 12.6. The van der Waals surface area contributed by atoms with E-state index in [0.29, 0.717) is 6.61 Å². The quantitative estimate of drug-likeness (QED) is 0.896. The number of nitrogens with zero attached hydrogens (tertiary/aromatic N) is 1. The van der Waals surface area contributed by atoms with Crippen molar-refractivity contribution in [2.75, 3.05) is 6.61 Å². The Bertz CT molecular complexity index is 508. The largest absolute Gasteiger partial charge is 0.494 e. The summed E-state index contributed by atoms with van der Waals surface area (Å²) < 4.78 is 5.48. The maximum Gasteiger partial charge on any atom is 0.119 e. The van der Waals surface area contributed by atoms with Crippen LogP contribution in [0.15, 0.2) is 42.6 Å². The highest BCUT2D eigenvalue weighted by Crippen LogP contribution is 2.22. The van der Waals surface area contributed by atoms with E-state index in [-0.39, 0.29) is 6.04 Å². The third kappa shape index (κ3) is 2.87. The van der Waals surface area contributed by atoms with Gasteiger partial charge in [-0.1, -0.05) is 18.2 Å². The molecule has 3 nitrogen and oxygen atoms in total. The number of benzene rings is 1. The van der Waals surface area contributed by atoms with Gasteiger partial charge >= 0.3 is 0 Å². The van der Waals surface area contributed by atoms with Crippen LogP contribution in [-0.2, 0) is 0 Å². The van der Waals surface area contributed by atoms with Gasteiger partial charge in [-0.3, -0.25) is 4.98 Å². The fourth-order valence-electron chi connectivity index (χ4n) is 1.82. The molecule has 0 bridgehead atoms. The molecule has 2 aromatic rings. The molecule has 0 aliphatic heterocycles. The Kier molecular flexibility index (Phi) is 3.95. The molecule has 1 unspecified atom stereocenters. The minimum absolute atomic E-state index is 0.168. The van der Waals surface area contributed by atoms with Crippen molar-refractivity contribution in [2.24, 2.45) is 5.73 Å². The van der Waals surface area contributed by atoms with Gasteiger partial charge in [-0.2, -0.15) is 0 Å². The predicted molar refractivity (Wildman–Crippen MR) is 72.6 cm³/mol. The summed E-state index contributed by atoms with van der Waals surface area (Å²) in [6.07, 6.45) is 1.83. The number of aryl methyl sites for hydroxylation is 1.